The standard InChI is InChI=1S/C13H19N3S/c1-17-9-5-3-7-14-10-12-11-15-16-8-4-2-6-13(12)16/h2,4,6,8,11,14H,3,5,7,9-10H2,1H3. The molecular formula is C13H19N3S. The van der Waals surface area contributed by atoms with Gasteiger partial charge in [0.2, 0.25) is 0 Å². The highest BCUT2D eigenvalue weighted by molar-refractivity contribution is 7.98. The Balaban J connectivity index is 1.79. The largest absolute Gasteiger partial charge is 0.313 e. The van der Waals surface area contributed by atoms with Crippen LogP contribution in [0.2, 0.25) is 0 Å². The van der Waals surface area contributed by atoms with Gasteiger partial charge in [0.25, 0.3) is 0 Å². The van der Waals surface area contributed by atoms with Gasteiger partial charge in [-0.25, -0.2) is 4.52 Å². The van der Waals surface area contributed by atoms with Crippen LogP contribution in [0.1, 0.15) is 18.4 Å². The van der Waals surface area contributed by atoms with E-state index < -0.39 is 0 Å². The normalized spacial score (nSPS) is 11.1. The lowest BCUT2D eigenvalue weighted by atomic mass is 10.2. The number of hydrogen-bond donors (Lipinski definition) is 1. The highest BCUT2D eigenvalue weighted by Crippen LogP contribution is 2.09. The van der Waals surface area contributed by atoms with E-state index >= 15 is 0 Å². The monoisotopic (exact) mass is 249 g/mol. The summed E-state index contributed by atoms with van der Waals surface area (Å²) in [5.41, 5.74) is 2.47. The van der Waals surface area contributed by atoms with Gasteiger partial charge in [-0.1, -0.05) is 6.07 Å². The molecule has 0 aliphatic carbocycles. The zero-order valence-electron chi connectivity index (χ0n) is 10.2. The molecule has 0 saturated heterocycles. The highest BCUT2D eigenvalue weighted by Gasteiger charge is 2.01. The summed E-state index contributed by atoms with van der Waals surface area (Å²) >= 11 is 1.92. The maximum Gasteiger partial charge on any atom is 0.0706 e. The molecule has 2 aromatic heterocycles. The van der Waals surface area contributed by atoms with Gasteiger partial charge in [0.15, 0.2) is 0 Å². The fourth-order valence-corrected chi connectivity index (χ4v) is 2.34. The summed E-state index contributed by atoms with van der Waals surface area (Å²) in [6, 6.07) is 6.16. The van der Waals surface area contributed by atoms with E-state index in [0.29, 0.717) is 0 Å². The SMILES string of the molecule is CSCCCCNCc1cnn2ccccc12. The van der Waals surface area contributed by atoms with Crippen molar-refractivity contribution in [2.24, 2.45) is 0 Å². The van der Waals surface area contributed by atoms with Gasteiger partial charge in [0.05, 0.1) is 11.7 Å². The number of fused-ring (bicyclic) bond motifs is 1. The lowest BCUT2D eigenvalue weighted by molar-refractivity contribution is 0.646. The third kappa shape index (κ3) is 3.48. The third-order valence-corrected chi connectivity index (χ3v) is 3.47. The molecule has 3 nitrogen and oxygen atoms in total. The molecule has 0 aromatic carbocycles. The van der Waals surface area contributed by atoms with Crippen molar-refractivity contribution in [2.75, 3.05) is 18.6 Å². The van der Waals surface area contributed by atoms with Crippen LogP contribution in [0.5, 0.6) is 0 Å². The molecule has 1 N–H and O–H groups in total. The van der Waals surface area contributed by atoms with E-state index in [4.69, 9.17) is 0 Å². The van der Waals surface area contributed by atoms with Crippen LogP contribution in [0.3, 0.4) is 0 Å². The quantitative estimate of drug-likeness (QED) is 0.765. The van der Waals surface area contributed by atoms with Gasteiger partial charge >= 0.3 is 0 Å². The second-order valence-corrected chi connectivity index (χ2v) is 5.06. The van der Waals surface area contributed by atoms with Crippen LogP contribution < -0.4 is 5.32 Å². The summed E-state index contributed by atoms with van der Waals surface area (Å²) in [7, 11) is 0. The molecule has 0 atom stereocenters. The maximum atomic E-state index is 4.32. The zero-order valence-corrected chi connectivity index (χ0v) is 11.0. The average Bonchev–Trinajstić information content (AvgIpc) is 2.77. The van der Waals surface area contributed by atoms with Crippen LogP contribution in [-0.2, 0) is 6.54 Å². The van der Waals surface area contributed by atoms with E-state index in [1.807, 2.05) is 34.7 Å². The second-order valence-electron chi connectivity index (χ2n) is 4.08. The summed E-state index contributed by atoms with van der Waals surface area (Å²) in [5.74, 6) is 1.26. The molecule has 4 heteroatoms. The fourth-order valence-electron chi connectivity index (χ4n) is 1.84. The molecule has 0 bridgehead atoms. The van der Waals surface area contributed by atoms with Crippen LogP contribution in [0, 0.1) is 0 Å². The topological polar surface area (TPSA) is 29.3 Å². The van der Waals surface area contributed by atoms with Crippen molar-refractivity contribution in [3.05, 3.63) is 36.2 Å². The number of unbranched alkanes of at least 4 members (excludes halogenated alkanes) is 1. The number of hydrogen-bond acceptors (Lipinski definition) is 3. The molecule has 0 fully saturated rings. The van der Waals surface area contributed by atoms with E-state index in [2.05, 4.69) is 28.8 Å². The minimum absolute atomic E-state index is 0.910. The predicted octanol–water partition coefficient (Wildman–Crippen LogP) is 2.57. The summed E-state index contributed by atoms with van der Waals surface area (Å²) in [6.45, 7) is 2.00. The van der Waals surface area contributed by atoms with E-state index in [-0.39, 0.29) is 0 Å². The molecule has 17 heavy (non-hydrogen) atoms. The smallest absolute Gasteiger partial charge is 0.0706 e. The van der Waals surface area contributed by atoms with Gasteiger partial charge in [0.1, 0.15) is 0 Å². The number of rotatable bonds is 7. The van der Waals surface area contributed by atoms with Crippen LogP contribution in [-0.4, -0.2) is 28.2 Å². The molecule has 2 aromatic rings. The zero-order chi connectivity index (χ0) is 11.9. The molecule has 2 rings (SSSR count). The van der Waals surface area contributed by atoms with Crippen molar-refractivity contribution in [3.8, 4) is 0 Å². The van der Waals surface area contributed by atoms with E-state index in [1.54, 1.807) is 0 Å². The minimum atomic E-state index is 0.910. The predicted molar refractivity (Wildman–Crippen MR) is 74.5 cm³/mol. The Kier molecular flexibility index (Phi) is 4.88. The maximum absolute atomic E-state index is 4.32. The molecule has 0 radical (unpaired) electrons. The number of nitrogens with zero attached hydrogens (tertiary/aromatic N) is 2. The number of pyridine rings is 1. The van der Waals surface area contributed by atoms with Gasteiger partial charge in [-0.15, -0.1) is 0 Å². The van der Waals surface area contributed by atoms with Crippen molar-refractivity contribution < 1.29 is 0 Å². The molecule has 0 unspecified atom stereocenters. The Bertz CT molecular complexity index is 453. The lowest BCUT2D eigenvalue weighted by Gasteiger charge is -2.03. The van der Waals surface area contributed by atoms with Crippen molar-refractivity contribution in [1.82, 2.24) is 14.9 Å². The summed E-state index contributed by atoms with van der Waals surface area (Å²) < 4.78 is 1.92. The first-order valence-electron chi connectivity index (χ1n) is 6.02. The van der Waals surface area contributed by atoms with Crippen LogP contribution in [0.25, 0.3) is 5.52 Å². The summed E-state index contributed by atoms with van der Waals surface area (Å²) in [4.78, 5) is 0. The Morgan fingerprint density at radius 3 is 3.18 bits per heavy atom. The first-order valence-corrected chi connectivity index (χ1v) is 7.42. The van der Waals surface area contributed by atoms with Gasteiger partial charge in [-0.3, -0.25) is 0 Å². The van der Waals surface area contributed by atoms with Gasteiger partial charge in [-0.2, -0.15) is 16.9 Å². The fraction of sp³-hybridized carbons (Fsp3) is 0.462. The Morgan fingerprint density at radius 1 is 1.35 bits per heavy atom. The number of aromatic nitrogens is 2. The highest BCUT2D eigenvalue weighted by atomic mass is 32.2. The lowest BCUT2D eigenvalue weighted by Crippen LogP contribution is -2.14. The van der Waals surface area contributed by atoms with Crippen LogP contribution >= 0.6 is 11.8 Å². The molecule has 0 amide bonds. The Labute approximate surface area is 107 Å². The Morgan fingerprint density at radius 2 is 2.29 bits per heavy atom. The molecule has 0 aliphatic heterocycles. The second kappa shape index (κ2) is 6.67. The van der Waals surface area contributed by atoms with Crippen molar-refractivity contribution in [1.29, 1.82) is 0 Å². The minimum Gasteiger partial charge on any atom is -0.313 e. The molecule has 0 spiro atoms. The third-order valence-electron chi connectivity index (χ3n) is 2.77. The molecule has 92 valence electrons. The molecule has 0 saturated carbocycles. The Hall–Kier alpha value is -1.00. The van der Waals surface area contributed by atoms with Crippen molar-refractivity contribution >= 4 is 17.3 Å². The van der Waals surface area contributed by atoms with Gasteiger partial charge < -0.3 is 5.32 Å². The number of thioether (sulfide) groups is 1. The van der Waals surface area contributed by atoms with Crippen molar-refractivity contribution in [3.63, 3.8) is 0 Å². The van der Waals surface area contributed by atoms with E-state index in [9.17, 15) is 0 Å². The molecule has 0 aliphatic rings. The van der Waals surface area contributed by atoms with Crippen LogP contribution in [0.4, 0.5) is 0 Å². The van der Waals surface area contributed by atoms with E-state index in [0.717, 1.165) is 13.1 Å². The van der Waals surface area contributed by atoms with Crippen molar-refractivity contribution in [2.45, 2.75) is 19.4 Å². The van der Waals surface area contributed by atoms with Gasteiger partial charge in [-0.05, 0) is 43.5 Å². The summed E-state index contributed by atoms with van der Waals surface area (Å²) in [5, 5.41) is 7.80. The average molecular weight is 249 g/mol. The first-order chi connectivity index (χ1) is 8.42. The van der Waals surface area contributed by atoms with E-state index in [1.165, 1.54) is 29.7 Å². The number of nitrogens with one attached hydrogen (secondary N) is 1. The molecule has 2 heterocycles. The molecular weight excluding hydrogens is 230 g/mol. The summed E-state index contributed by atoms with van der Waals surface area (Å²) in [6.07, 6.45) is 8.64. The van der Waals surface area contributed by atoms with Gasteiger partial charge in [0, 0.05) is 18.3 Å². The van der Waals surface area contributed by atoms with Crippen LogP contribution in [0.15, 0.2) is 30.6 Å². The first kappa shape index (κ1) is 12.5.